The largest absolute Gasteiger partial charge is 0.489 e. The molecule has 0 aliphatic carbocycles. The number of hydrogen-bond donors (Lipinski definition) is 1. The van der Waals surface area contributed by atoms with Gasteiger partial charge in [0.1, 0.15) is 12.4 Å². The quantitative estimate of drug-likeness (QED) is 0.642. The lowest BCUT2D eigenvalue weighted by Gasteiger charge is -2.14. The summed E-state index contributed by atoms with van der Waals surface area (Å²) in [4.78, 5) is 12.0. The number of hydrogen-bond acceptors (Lipinski definition) is 4. The number of rotatable bonds is 7. The van der Waals surface area contributed by atoms with Crippen molar-refractivity contribution in [1.29, 1.82) is 0 Å². The van der Waals surface area contributed by atoms with Gasteiger partial charge >= 0.3 is 0 Å². The number of pyridine rings is 1. The van der Waals surface area contributed by atoms with Crippen molar-refractivity contribution in [2.45, 2.75) is 20.5 Å². The number of aromatic nitrogens is 1. The van der Waals surface area contributed by atoms with Gasteiger partial charge in [-0.15, -0.1) is 0 Å². The Morgan fingerprint density at radius 1 is 1.03 bits per heavy atom. The molecule has 0 spiro atoms. The standard InChI is InChI=1S/C22H24N2O4S/c1-4-29(26,27)23-20-11-18(19-10-16(2)22(25)24(3)14-19)12-21(13-20)28-15-17-8-6-5-7-9-17/h5-14,23H,4,15H2,1-3H3. The molecule has 0 amide bonds. The predicted octanol–water partition coefficient (Wildman–Crippen LogP) is 3.70. The summed E-state index contributed by atoms with van der Waals surface area (Å²) in [5, 5.41) is 0. The van der Waals surface area contributed by atoms with Gasteiger partial charge in [-0.3, -0.25) is 9.52 Å². The second kappa shape index (κ2) is 8.53. The summed E-state index contributed by atoms with van der Waals surface area (Å²) in [6.07, 6.45) is 1.73. The van der Waals surface area contributed by atoms with E-state index in [-0.39, 0.29) is 11.3 Å². The Morgan fingerprint density at radius 2 is 1.76 bits per heavy atom. The monoisotopic (exact) mass is 412 g/mol. The first-order valence-electron chi connectivity index (χ1n) is 9.27. The first kappa shape index (κ1) is 20.7. The SMILES string of the molecule is CCS(=O)(=O)Nc1cc(OCc2ccccc2)cc(-c2cc(C)c(=O)n(C)c2)c1. The lowest BCUT2D eigenvalue weighted by Crippen LogP contribution is -2.18. The van der Waals surface area contributed by atoms with Crippen LogP contribution in [0.5, 0.6) is 5.75 Å². The third-order valence-electron chi connectivity index (χ3n) is 4.50. The number of benzene rings is 2. The maximum Gasteiger partial charge on any atom is 0.253 e. The lowest BCUT2D eigenvalue weighted by atomic mass is 10.0. The van der Waals surface area contributed by atoms with Crippen LogP contribution in [0.2, 0.25) is 0 Å². The van der Waals surface area contributed by atoms with Gasteiger partial charge in [0.2, 0.25) is 10.0 Å². The van der Waals surface area contributed by atoms with Crippen LogP contribution >= 0.6 is 0 Å². The molecule has 3 rings (SSSR count). The fraction of sp³-hybridized carbons (Fsp3) is 0.227. The molecule has 152 valence electrons. The number of nitrogens with zero attached hydrogens (tertiary/aromatic N) is 1. The van der Waals surface area contributed by atoms with Crippen LogP contribution in [0.3, 0.4) is 0 Å². The number of aryl methyl sites for hydroxylation is 2. The second-order valence-electron chi connectivity index (χ2n) is 6.85. The van der Waals surface area contributed by atoms with Gasteiger partial charge in [-0.1, -0.05) is 30.3 Å². The molecule has 0 fully saturated rings. The molecular formula is C22H24N2O4S. The maximum absolute atomic E-state index is 12.1. The molecule has 6 nitrogen and oxygen atoms in total. The number of sulfonamides is 1. The minimum Gasteiger partial charge on any atom is -0.489 e. The van der Waals surface area contributed by atoms with Gasteiger partial charge in [0.25, 0.3) is 5.56 Å². The molecule has 1 N–H and O–H groups in total. The molecule has 29 heavy (non-hydrogen) atoms. The summed E-state index contributed by atoms with van der Waals surface area (Å²) in [5.74, 6) is 0.503. The molecule has 7 heteroatoms. The van der Waals surface area contributed by atoms with E-state index < -0.39 is 10.0 Å². The summed E-state index contributed by atoms with van der Waals surface area (Å²) < 4.78 is 34.1. The van der Waals surface area contributed by atoms with E-state index in [0.29, 0.717) is 23.6 Å². The molecule has 1 heterocycles. The van der Waals surface area contributed by atoms with Gasteiger partial charge in [0.15, 0.2) is 0 Å². The van der Waals surface area contributed by atoms with Crippen LogP contribution in [0.4, 0.5) is 5.69 Å². The van der Waals surface area contributed by atoms with Gasteiger partial charge in [-0.2, -0.15) is 0 Å². The number of anilines is 1. The molecule has 3 aromatic rings. The molecule has 0 saturated carbocycles. The molecule has 2 aromatic carbocycles. The maximum atomic E-state index is 12.1. The van der Waals surface area contributed by atoms with Gasteiger partial charge in [0.05, 0.1) is 11.4 Å². The molecular weight excluding hydrogens is 388 g/mol. The zero-order valence-electron chi connectivity index (χ0n) is 16.7. The van der Waals surface area contributed by atoms with Crippen LogP contribution in [0.25, 0.3) is 11.1 Å². The fourth-order valence-corrected chi connectivity index (χ4v) is 3.56. The molecule has 0 aliphatic rings. The zero-order valence-corrected chi connectivity index (χ0v) is 17.5. The molecule has 0 aliphatic heterocycles. The molecule has 0 unspecified atom stereocenters. The molecule has 0 radical (unpaired) electrons. The van der Waals surface area contributed by atoms with Crippen LogP contribution in [0.15, 0.2) is 65.6 Å². The Morgan fingerprint density at radius 3 is 2.41 bits per heavy atom. The Balaban J connectivity index is 2.01. The van der Waals surface area contributed by atoms with Crippen LogP contribution in [-0.2, 0) is 23.7 Å². The highest BCUT2D eigenvalue weighted by atomic mass is 32.2. The van der Waals surface area contributed by atoms with Crippen LogP contribution in [0.1, 0.15) is 18.1 Å². The van der Waals surface area contributed by atoms with Crippen molar-refractivity contribution in [1.82, 2.24) is 4.57 Å². The lowest BCUT2D eigenvalue weighted by molar-refractivity contribution is 0.306. The first-order valence-corrected chi connectivity index (χ1v) is 10.9. The van der Waals surface area contributed by atoms with Crippen molar-refractivity contribution in [3.63, 3.8) is 0 Å². The molecule has 0 saturated heterocycles. The molecule has 0 bridgehead atoms. The van der Waals surface area contributed by atoms with Crippen LogP contribution < -0.4 is 15.0 Å². The minimum absolute atomic E-state index is 0.0314. The third-order valence-corrected chi connectivity index (χ3v) is 5.81. The summed E-state index contributed by atoms with van der Waals surface area (Å²) in [5.41, 5.74) is 3.51. The Kier molecular flexibility index (Phi) is 6.08. The topological polar surface area (TPSA) is 77.4 Å². The van der Waals surface area contributed by atoms with E-state index in [0.717, 1.165) is 16.7 Å². The van der Waals surface area contributed by atoms with Crippen molar-refractivity contribution in [2.75, 3.05) is 10.5 Å². The number of ether oxygens (including phenoxy) is 1. The highest BCUT2D eigenvalue weighted by molar-refractivity contribution is 7.92. The van der Waals surface area contributed by atoms with Crippen LogP contribution in [-0.4, -0.2) is 18.7 Å². The van der Waals surface area contributed by atoms with Gasteiger partial charge in [-0.25, -0.2) is 8.42 Å². The van der Waals surface area contributed by atoms with E-state index in [4.69, 9.17) is 4.74 Å². The second-order valence-corrected chi connectivity index (χ2v) is 8.86. The normalized spacial score (nSPS) is 11.3. The van der Waals surface area contributed by atoms with Crippen molar-refractivity contribution >= 4 is 15.7 Å². The first-order chi connectivity index (χ1) is 13.8. The van der Waals surface area contributed by atoms with Crippen LogP contribution in [0, 0.1) is 6.92 Å². The van der Waals surface area contributed by atoms with Crippen molar-refractivity contribution in [3.05, 3.63) is 82.3 Å². The van der Waals surface area contributed by atoms with Crippen molar-refractivity contribution in [2.24, 2.45) is 7.05 Å². The van der Waals surface area contributed by atoms with Gasteiger partial charge in [-0.05, 0) is 48.7 Å². The fourth-order valence-electron chi connectivity index (χ4n) is 2.94. The average Bonchev–Trinajstić information content (AvgIpc) is 2.70. The Hall–Kier alpha value is -3.06. The average molecular weight is 413 g/mol. The minimum atomic E-state index is -3.44. The zero-order chi connectivity index (χ0) is 21.0. The smallest absolute Gasteiger partial charge is 0.253 e. The van der Waals surface area contributed by atoms with Gasteiger partial charge in [0, 0.05) is 24.9 Å². The van der Waals surface area contributed by atoms with Gasteiger partial charge < -0.3 is 9.30 Å². The van der Waals surface area contributed by atoms with E-state index in [1.807, 2.05) is 36.4 Å². The Bertz CT molecular complexity index is 1140. The number of nitrogens with one attached hydrogen (secondary N) is 1. The predicted molar refractivity (Wildman–Crippen MR) is 116 cm³/mol. The Labute approximate surface area is 170 Å². The van der Waals surface area contributed by atoms with E-state index in [2.05, 4.69) is 4.72 Å². The highest BCUT2D eigenvalue weighted by Crippen LogP contribution is 2.30. The van der Waals surface area contributed by atoms with Crippen molar-refractivity contribution in [3.8, 4) is 16.9 Å². The summed E-state index contributed by atoms with van der Waals surface area (Å²) in [6.45, 7) is 3.69. The van der Waals surface area contributed by atoms with E-state index in [9.17, 15) is 13.2 Å². The summed E-state index contributed by atoms with van der Waals surface area (Å²) >= 11 is 0. The molecule has 0 atom stereocenters. The summed E-state index contributed by atoms with van der Waals surface area (Å²) in [7, 11) is -1.75. The van der Waals surface area contributed by atoms with E-state index >= 15 is 0 Å². The van der Waals surface area contributed by atoms with Crippen molar-refractivity contribution < 1.29 is 13.2 Å². The van der Waals surface area contributed by atoms with E-state index in [1.165, 1.54) is 4.57 Å². The third kappa shape index (κ3) is 5.26. The summed E-state index contributed by atoms with van der Waals surface area (Å²) in [6, 6.07) is 16.7. The molecule has 1 aromatic heterocycles. The van der Waals surface area contributed by atoms with E-state index in [1.54, 1.807) is 45.3 Å². The highest BCUT2D eigenvalue weighted by Gasteiger charge is 2.12.